The van der Waals surface area contributed by atoms with Crippen LogP contribution in [-0.2, 0) is 4.79 Å². The summed E-state index contributed by atoms with van der Waals surface area (Å²) in [5.41, 5.74) is 3.71. The number of nitrogens with zero attached hydrogens (tertiary/aromatic N) is 1. The molecular weight excluding hydrogens is 372 g/mol. The Kier molecular flexibility index (Phi) is 7.12. The van der Waals surface area contributed by atoms with Gasteiger partial charge in [0.1, 0.15) is 5.75 Å². The molecule has 5 rings (SSSR count). The van der Waals surface area contributed by atoms with Gasteiger partial charge in [0.15, 0.2) is 0 Å². The van der Waals surface area contributed by atoms with Gasteiger partial charge in [0.05, 0.1) is 18.2 Å². The first-order chi connectivity index (χ1) is 14.7. The van der Waals surface area contributed by atoms with Crippen molar-refractivity contribution in [1.82, 2.24) is 5.43 Å². The first-order valence-corrected chi connectivity index (χ1v) is 12.2. The van der Waals surface area contributed by atoms with E-state index < -0.39 is 0 Å². The summed E-state index contributed by atoms with van der Waals surface area (Å²) in [6.45, 7) is 3.02. The van der Waals surface area contributed by atoms with Gasteiger partial charge in [-0.3, -0.25) is 4.79 Å². The highest BCUT2D eigenvalue weighted by atomic mass is 16.5. The molecule has 30 heavy (non-hydrogen) atoms. The van der Waals surface area contributed by atoms with Gasteiger partial charge in [-0.25, -0.2) is 5.43 Å². The van der Waals surface area contributed by atoms with Gasteiger partial charge in [-0.05, 0) is 92.5 Å². The van der Waals surface area contributed by atoms with E-state index in [0.717, 1.165) is 61.4 Å². The number of unbranched alkanes of at least 4 members (excludes halogenated alkanes) is 5. The van der Waals surface area contributed by atoms with Gasteiger partial charge in [0.25, 0.3) is 0 Å². The van der Waals surface area contributed by atoms with Crippen LogP contribution < -0.4 is 10.2 Å². The molecule has 1 amide bonds. The Morgan fingerprint density at radius 2 is 1.60 bits per heavy atom. The molecule has 0 atom stereocenters. The molecule has 0 aliphatic heterocycles. The van der Waals surface area contributed by atoms with Crippen LogP contribution in [0.15, 0.2) is 29.4 Å². The standard InChI is InChI=1S/C26H38N2O2/c1-2-3-4-5-6-7-12-30-24-10-8-20(9-11-24)19-27-28-25(29)26-16-21-13-22(17-26)15-23(14-21)18-26/h8-11,19,21-23H,2-7,12-18H2,1H3,(H,28,29). The smallest absolute Gasteiger partial charge is 0.246 e. The van der Waals surface area contributed by atoms with Crippen LogP contribution in [0, 0.1) is 23.2 Å². The Bertz CT molecular complexity index is 690. The van der Waals surface area contributed by atoms with Crippen molar-refractivity contribution in [2.75, 3.05) is 6.61 Å². The topological polar surface area (TPSA) is 50.7 Å². The quantitative estimate of drug-likeness (QED) is 0.272. The van der Waals surface area contributed by atoms with Crippen molar-refractivity contribution in [3.63, 3.8) is 0 Å². The molecule has 1 N–H and O–H groups in total. The van der Waals surface area contributed by atoms with Crippen molar-refractivity contribution in [2.24, 2.45) is 28.3 Å². The normalized spacial score (nSPS) is 29.4. The summed E-state index contributed by atoms with van der Waals surface area (Å²) >= 11 is 0. The van der Waals surface area contributed by atoms with Gasteiger partial charge in [0, 0.05) is 0 Å². The molecule has 0 unspecified atom stereocenters. The molecular formula is C26H38N2O2. The van der Waals surface area contributed by atoms with E-state index in [1.165, 1.54) is 51.4 Å². The molecule has 4 heteroatoms. The number of carbonyl (C=O) groups excluding carboxylic acids is 1. The first-order valence-electron chi connectivity index (χ1n) is 12.2. The van der Waals surface area contributed by atoms with Gasteiger partial charge < -0.3 is 4.74 Å². The highest BCUT2D eigenvalue weighted by Crippen LogP contribution is 2.60. The second kappa shape index (κ2) is 9.98. The molecule has 4 fully saturated rings. The molecule has 0 saturated heterocycles. The van der Waals surface area contributed by atoms with Crippen molar-refractivity contribution in [3.8, 4) is 5.75 Å². The summed E-state index contributed by atoms with van der Waals surface area (Å²) in [4.78, 5) is 12.9. The zero-order chi connectivity index (χ0) is 20.8. The van der Waals surface area contributed by atoms with Gasteiger partial charge in [-0.1, -0.05) is 39.0 Å². The van der Waals surface area contributed by atoms with Crippen molar-refractivity contribution < 1.29 is 9.53 Å². The fraction of sp³-hybridized carbons (Fsp3) is 0.692. The highest BCUT2D eigenvalue weighted by Gasteiger charge is 2.54. The third-order valence-electron chi connectivity index (χ3n) is 7.55. The number of rotatable bonds is 11. The van der Waals surface area contributed by atoms with E-state index in [1.807, 2.05) is 24.3 Å². The summed E-state index contributed by atoms with van der Waals surface area (Å²) in [6, 6.07) is 7.96. The van der Waals surface area contributed by atoms with Gasteiger partial charge in [-0.15, -0.1) is 0 Å². The molecule has 0 radical (unpaired) electrons. The molecule has 4 nitrogen and oxygen atoms in total. The Labute approximate surface area is 181 Å². The average molecular weight is 411 g/mol. The zero-order valence-electron chi connectivity index (χ0n) is 18.6. The minimum Gasteiger partial charge on any atom is -0.494 e. The van der Waals surface area contributed by atoms with Crippen molar-refractivity contribution in [1.29, 1.82) is 0 Å². The van der Waals surface area contributed by atoms with Gasteiger partial charge in [-0.2, -0.15) is 5.10 Å². The molecule has 4 aliphatic carbocycles. The van der Waals surface area contributed by atoms with Crippen molar-refractivity contribution in [3.05, 3.63) is 29.8 Å². The van der Waals surface area contributed by atoms with Crippen LogP contribution >= 0.6 is 0 Å². The summed E-state index contributed by atoms with van der Waals surface area (Å²) < 4.78 is 5.83. The fourth-order valence-corrected chi connectivity index (χ4v) is 6.40. The number of ether oxygens (including phenoxy) is 1. The second-order valence-corrected chi connectivity index (χ2v) is 10.1. The molecule has 1 aromatic rings. The lowest BCUT2D eigenvalue weighted by atomic mass is 9.49. The molecule has 4 saturated carbocycles. The van der Waals surface area contributed by atoms with Crippen LogP contribution in [0.1, 0.15) is 89.5 Å². The van der Waals surface area contributed by atoms with E-state index in [4.69, 9.17) is 4.74 Å². The number of hydrazone groups is 1. The molecule has 1 aromatic carbocycles. The number of benzene rings is 1. The van der Waals surface area contributed by atoms with Crippen LogP contribution in [0.4, 0.5) is 0 Å². The van der Waals surface area contributed by atoms with E-state index in [2.05, 4.69) is 17.5 Å². The van der Waals surface area contributed by atoms with Crippen LogP contribution in [0.3, 0.4) is 0 Å². The lowest BCUT2D eigenvalue weighted by Crippen LogP contribution is -2.52. The fourth-order valence-electron chi connectivity index (χ4n) is 6.40. The van der Waals surface area contributed by atoms with E-state index in [0.29, 0.717) is 0 Å². The third kappa shape index (κ3) is 5.25. The molecule has 0 spiro atoms. The zero-order valence-corrected chi connectivity index (χ0v) is 18.6. The van der Waals surface area contributed by atoms with Crippen molar-refractivity contribution >= 4 is 12.1 Å². The summed E-state index contributed by atoms with van der Waals surface area (Å²) in [5.74, 6) is 3.37. The summed E-state index contributed by atoms with van der Waals surface area (Å²) in [6.07, 6.45) is 16.7. The molecule has 164 valence electrons. The predicted molar refractivity (Wildman–Crippen MR) is 122 cm³/mol. The van der Waals surface area contributed by atoms with E-state index in [9.17, 15) is 4.79 Å². The van der Waals surface area contributed by atoms with Crippen molar-refractivity contribution in [2.45, 2.75) is 84.0 Å². The Hall–Kier alpha value is -1.84. The lowest BCUT2D eigenvalue weighted by Gasteiger charge is -2.55. The van der Waals surface area contributed by atoms with E-state index in [1.54, 1.807) is 6.21 Å². The SMILES string of the molecule is CCCCCCCCOc1ccc(C=NNC(=O)C23CC4CC(CC(C4)C2)C3)cc1. The van der Waals surface area contributed by atoms with Gasteiger partial charge >= 0.3 is 0 Å². The van der Waals surface area contributed by atoms with Crippen LogP contribution in [0.25, 0.3) is 0 Å². The minimum absolute atomic E-state index is 0.139. The Morgan fingerprint density at radius 1 is 1.00 bits per heavy atom. The maximum atomic E-state index is 12.9. The highest BCUT2D eigenvalue weighted by molar-refractivity contribution is 5.85. The first kappa shape index (κ1) is 21.4. The number of carbonyl (C=O) groups is 1. The maximum absolute atomic E-state index is 12.9. The molecule has 0 aromatic heterocycles. The lowest BCUT2D eigenvalue weighted by molar-refractivity contribution is -0.146. The number of nitrogens with one attached hydrogen (secondary N) is 1. The summed E-state index contributed by atoms with van der Waals surface area (Å²) in [7, 11) is 0. The monoisotopic (exact) mass is 410 g/mol. The average Bonchev–Trinajstić information content (AvgIpc) is 2.73. The number of amides is 1. The largest absolute Gasteiger partial charge is 0.494 e. The second-order valence-electron chi connectivity index (χ2n) is 10.1. The predicted octanol–water partition coefficient (Wildman–Crippen LogP) is 6.09. The summed E-state index contributed by atoms with van der Waals surface area (Å²) in [5, 5.41) is 4.27. The van der Waals surface area contributed by atoms with Crippen LogP contribution in [0.2, 0.25) is 0 Å². The van der Waals surface area contributed by atoms with E-state index in [-0.39, 0.29) is 11.3 Å². The molecule has 4 bridgehead atoms. The van der Waals surface area contributed by atoms with E-state index >= 15 is 0 Å². The Morgan fingerprint density at radius 3 is 2.23 bits per heavy atom. The number of hydrogen-bond donors (Lipinski definition) is 1. The Balaban J connectivity index is 1.19. The molecule has 4 aliphatic rings. The van der Waals surface area contributed by atoms with Crippen LogP contribution in [0.5, 0.6) is 5.75 Å². The maximum Gasteiger partial charge on any atom is 0.246 e. The van der Waals surface area contributed by atoms with Crippen LogP contribution in [-0.4, -0.2) is 18.7 Å². The van der Waals surface area contributed by atoms with Gasteiger partial charge in [0.2, 0.25) is 5.91 Å². The minimum atomic E-state index is -0.139. The number of hydrogen-bond acceptors (Lipinski definition) is 3. The molecule has 0 heterocycles. The third-order valence-corrected chi connectivity index (χ3v) is 7.55.